The van der Waals surface area contributed by atoms with E-state index >= 15 is 0 Å². The summed E-state index contributed by atoms with van der Waals surface area (Å²) in [6, 6.07) is 6.95. The number of methoxy groups -OCH3 is 3. The number of hydrogen-bond acceptors (Lipinski definition) is 5. The van der Waals surface area contributed by atoms with Crippen LogP contribution in [0.25, 0.3) is 0 Å². The zero-order chi connectivity index (χ0) is 19.8. The molecule has 0 aromatic heterocycles. The first-order valence-electron chi connectivity index (χ1n) is 8.73. The lowest BCUT2D eigenvalue weighted by Crippen LogP contribution is -2.28. The highest BCUT2D eigenvalue weighted by Crippen LogP contribution is 2.40. The molecule has 0 bridgehead atoms. The first kappa shape index (κ1) is 19.5. The normalized spacial score (nSPS) is 16.1. The molecular weight excluding hydrogens is 366 g/mol. The lowest BCUT2D eigenvalue weighted by atomic mass is 10.1. The molecule has 1 N–H and O–H groups in total. The standard InChI is InChI=1S/C20H25NO5S/c1-12-8-15(24-3)9-13(2)20(12)27(22,23)21-17-7-6-14-10-18(25-4)19(26-5)11-16(14)17/h8-11,17,21H,6-7H2,1-5H3. The van der Waals surface area contributed by atoms with Crippen LogP contribution in [0.3, 0.4) is 0 Å². The van der Waals surface area contributed by atoms with Crippen LogP contribution in [0.5, 0.6) is 17.2 Å². The van der Waals surface area contributed by atoms with Crippen molar-refractivity contribution in [2.75, 3.05) is 21.3 Å². The van der Waals surface area contributed by atoms with Crippen LogP contribution in [0.4, 0.5) is 0 Å². The van der Waals surface area contributed by atoms with Crippen molar-refractivity contribution in [2.24, 2.45) is 0 Å². The summed E-state index contributed by atoms with van der Waals surface area (Å²) >= 11 is 0. The molecule has 146 valence electrons. The van der Waals surface area contributed by atoms with Gasteiger partial charge in [0.25, 0.3) is 0 Å². The van der Waals surface area contributed by atoms with Gasteiger partial charge in [-0.3, -0.25) is 0 Å². The zero-order valence-electron chi connectivity index (χ0n) is 16.3. The highest BCUT2D eigenvalue weighted by atomic mass is 32.2. The first-order valence-corrected chi connectivity index (χ1v) is 10.2. The van der Waals surface area contributed by atoms with Gasteiger partial charge in [0, 0.05) is 6.04 Å². The Labute approximate surface area is 160 Å². The van der Waals surface area contributed by atoms with Crippen LogP contribution in [-0.2, 0) is 16.4 Å². The molecule has 2 aromatic rings. The Bertz CT molecular complexity index is 946. The van der Waals surface area contributed by atoms with Crippen LogP contribution < -0.4 is 18.9 Å². The topological polar surface area (TPSA) is 73.9 Å². The maximum Gasteiger partial charge on any atom is 0.241 e. The zero-order valence-corrected chi connectivity index (χ0v) is 17.1. The van der Waals surface area contributed by atoms with E-state index in [1.165, 1.54) is 0 Å². The SMILES string of the molecule is COc1cc(C)c(S(=O)(=O)NC2CCc3cc(OC)c(OC)cc32)c(C)c1. The second-order valence-corrected chi connectivity index (χ2v) is 8.36. The van der Waals surface area contributed by atoms with E-state index < -0.39 is 10.0 Å². The molecule has 2 aromatic carbocycles. The smallest absolute Gasteiger partial charge is 0.241 e. The molecule has 0 saturated carbocycles. The van der Waals surface area contributed by atoms with Gasteiger partial charge in [-0.2, -0.15) is 0 Å². The Balaban J connectivity index is 1.96. The van der Waals surface area contributed by atoms with Gasteiger partial charge in [0.15, 0.2) is 11.5 Å². The van der Waals surface area contributed by atoms with Crippen LogP contribution in [-0.4, -0.2) is 29.7 Å². The number of benzene rings is 2. The van der Waals surface area contributed by atoms with Gasteiger partial charge in [0.1, 0.15) is 5.75 Å². The summed E-state index contributed by atoms with van der Waals surface area (Å²) in [6.07, 6.45) is 1.47. The number of nitrogens with one attached hydrogen (secondary N) is 1. The molecule has 6 nitrogen and oxygen atoms in total. The van der Waals surface area contributed by atoms with Crippen molar-refractivity contribution in [3.8, 4) is 17.2 Å². The Kier molecular flexibility index (Phi) is 5.35. The Morgan fingerprint density at radius 1 is 0.926 bits per heavy atom. The van der Waals surface area contributed by atoms with Gasteiger partial charge >= 0.3 is 0 Å². The summed E-state index contributed by atoms with van der Waals surface area (Å²) in [4.78, 5) is 0.303. The number of sulfonamides is 1. The summed E-state index contributed by atoms with van der Waals surface area (Å²) in [5.74, 6) is 1.90. The summed E-state index contributed by atoms with van der Waals surface area (Å²) in [6.45, 7) is 3.56. The van der Waals surface area contributed by atoms with Crippen molar-refractivity contribution in [1.29, 1.82) is 0 Å². The summed E-state index contributed by atoms with van der Waals surface area (Å²) in [5.41, 5.74) is 3.32. The van der Waals surface area contributed by atoms with E-state index in [0.29, 0.717) is 39.7 Å². The lowest BCUT2D eigenvalue weighted by Gasteiger charge is -2.19. The Morgan fingerprint density at radius 3 is 2.07 bits per heavy atom. The van der Waals surface area contributed by atoms with Gasteiger partial charge in [-0.1, -0.05) is 0 Å². The number of rotatable bonds is 6. The van der Waals surface area contributed by atoms with Crippen LogP contribution in [0, 0.1) is 13.8 Å². The summed E-state index contributed by atoms with van der Waals surface area (Å²) in [7, 11) is 1.05. The predicted octanol–water partition coefficient (Wildman–Crippen LogP) is 3.30. The maximum absolute atomic E-state index is 13.1. The average molecular weight is 391 g/mol. The van der Waals surface area contributed by atoms with E-state index in [4.69, 9.17) is 14.2 Å². The van der Waals surface area contributed by atoms with Gasteiger partial charge < -0.3 is 14.2 Å². The van der Waals surface area contributed by atoms with Crippen molar-refractivity contribution in [3.05, 3.63) is 46.5 Å². The van der Waals surface area contributed by atoms with Gasteiger partial charge in [-0.25, -0.2) is 13.1 Å². The number of fused-ring (bicyclic) bond motifs is 1. The second-order valence-electron chi connectivity index (χ2n) is 6.71. The van der Waals surface area contributed by atoms with E-state index in [0.717, 1.165) is 17.5 Å². The van der Waals surface area contributed by atoms with Crippen LogP contribution in [0.15, 0.2) is 29.2 Å². The fraction of sp³-hybridized carbons (Fsp3) is 0.400. The van der Waals surface area contributed by atoms with Crippen LogP contribution in [0.2, 0.25) is 0 Å². The number of hydrogen-bond donors (Lipinski definition) is 1. The Hall–Kier alpha value is -2.25. The average Bonchev–Trinajstić information content (AvgIpc) is 3.00. The largest absolute Gasteiger partial charge is 0.497 e. The highest BCUT2D eigenvalue weighted by molar-refractivity contribution is 7.89. The first-order chi connectivity index (χ1) is 12.8. The van der Waals surface area contributed by atoms with Crippen LogP contribution >= 0.6 is 0 Å². The fourth-order valence-electron chi connectivity index (χ4n) is 3.75. The molecule has 7 heteroatoms. The minimum atomic E-state index is -3.69. The van der Waals surface area contributed by atoms with E-state index in [-0.39, 0.29) is 6.04 Å². The molecule has 0 spiro atoms. The molecule has 0 aliphatic heterocycles. The van der Waals surface area contributed by atoms with Gasteiger partial charge in [0.05, 0.1) is 26.2 Å². The third-order valence-corrected chi connectivity index (χ3v) is 6.74. The summed E-state index contributed by atoms with van der Waals surface area (Å²) < 4.78 is 45.0. The van der Waals surface area contributed by atoms with Crippen molar-refractivity contribution >= 4 is 10.0 Å². The van der Waals surface area contributed by atoms with Gasteiger partial charge in [-0.05, 0) is 73.2 Å². The molecule has 0 saturated heterocycles. The maximum atomic E-state index is 13.1. The van der Waals surface area contributed by atoms with E-state index in [1.54, 1.807) is 47.3 Å². The van der Waals surface area contributed by atoms with E-state index in [2.05, 4.69) is 4.72 Å². The van der Waals surface area contributed by atoms with Crippen molar-refractivity contribution in [1.82, 2.24) is 4.72 Å². The molecule has 27 heavy (non-hydrogen) atoms. The molecule has 3 rings (SSSR count). The number of ether oxygens (including phenoxy) is 3. The highest BCUT2D eigenvalue weighted by Gasteiger charge is 2.30. The quantitative estimate of drug-likeness (QED) is 0.818. The molecule has 0 fully saturated rings. The molecule has 1 atom stereocenters. The minimum Gasteiger partial charge on any atom is -0.497 e. The van der Waals surface area contributed by atoms with Crippen molar-refractivity contribution in [3.63, 3.8) is 0 Å². The van der Waals surface area contributed by atoms with Crippen LogP contribution in [0.1, 0.15) is 34.7 Å². The molecule has 1 unspecified atom stereocenters. The fourth-order valence-corrected chi connectivity index (χ4v) is 5.46. The van der Waals surface area contributed by atoms with Crippen molar-refractivity contribution < 1.29 is 22.6 Å². The minimum absolute atomic E-state index is 0.300. The third kappa shape index (κ3) is 3.61. The molecule has 0 heterocycles. The van der Waals surface area contributed by atoms with Gasteiger partial charge in [-0.15, -0.1) is 0 Å². The lowest BCUT2D eigenvalue weighted by molar-refractivity contribution is 0.354. The molecule has 0 amide bonds. The second kappa shape index (κ2) is 7.40. The summed E-state index contributed by atoms with van der Waals surface area (Å²) in [5, 5.41) is 0. The van der Waals surface area contributed by atoms with Gasteiger partial charge in [0.2, 0.25) is 10.0 Å². The predicted molar refractivity (Wildman–Crippen MR) is 103 cm³/mol. The number of aryl methyl sites for hydroxylation is 3. The van der Waals surface area contributed by atoms with E-state index in [1.807, 2.05) is 12.1 Å². The van der Waals surface area contributed by atoms with E-state index in [9.17, 15) is 8.42 Å². The Morgan fingerprint density at radius 2 is 1.52 bits per heavy atom. The molecular formula is C20H25NO5S. The monoisotopic (exact) mass is 391 g/mol. The molecule has 0 radical (unpaired) electrons. The van der Waals surface area contributed by atoms with Crippen molar-refractivity contribution in [2.45, 2.75) is 37.6 Å². The third-order valence-electron chi connectivity index (χ3n) is 4.96. The molecule has 1 aliphatic carbocycles. The molecule has 1 aliphatic rings.